The van der Waals surface area contributed by atoms with Crippen LogP contribution >= 0.6 is 0 Å². The minimum atomic E-state index is -0.0309. The molecule has 1 amide bonds. The Balaban J connectivity index is 1.41. The lowest BCUT2D eigenvalue weighted by Crippen LogP contribution is -2.59. The van der Waals surface area contributed by atoms with Gasteiger partial charge in [-0.05, 0) is 49.8 Å². The van der Waals surface area contributed by atoms with Gasteiger partial charge in [-0.25, -0.2) is 4.98 Å². The number of aryl methyl sites for hydroxylation is 1. The van der Waals surface area contributed by atoms with Crippen LogP contribution < -0.4 is 4.74 Å². The number of aromatic nitrogens is 4. The number of amides is 1. The van der Waals surface area contributed by atoms with Gasteiger partial charge in [-0.1, -0.05) is 18.2 Å². The monoisotopic (exact) mass is 389 g/mol. The summed E-state index contributed by atoms with van der Waals surface area (Å²) >= 11 is 0. The van der Waals surface area contributed by atoms with Gasteiger partial charge in [0, 0.05) is 18.8 Å². The molecule has 3 aromatic rings. The topological polar surface area (TPSA) is 73.1 Å². The third kappa shape index (κ3) is 3.37. The van der Waals surface area contributed by atoms with Crippen LogP contribution in [0.3, 0.4) is 0 Å². The Bertz CT molecular complexity index is 1000. The molecule has 3 atom stereocenters. The van der Waals surface area contributed by atoms with E-state index in [9.17, 15) is 4.79 Å². The van der Waals surface area contributed by atoms with Crippen molar-refractivity contribution < 1.29 is 9.53 Å². The van der Waals surface area contributed by atoms with Gasteiger partial charge in [0.1, 0.15) is 6.10 Å². The highest BCUT2D eigenvalue weighted by molar-refractivity contribution is 5.98. The van der Waals surface area contributed by atoms with Crippen molar-refractivity contribution in [2.45, 2.75) is 38.3 Å². The van der Waals surface area contributed by atoms with Crippen LogP contribution in [0, 0.1) is 12.8 Å². The molecule has 29 heavy (non-hydrogen) atoms. The van der Waals surface area contributed by atoms with E-state index in [4.69, 9.17) is 4.74 Å². The van der Waals surface area contributed by atoms with Crippen molar-refractivity contribution in [1.82, 2.24) is 24.9 Å². The first-order valence-electron chi connectivity index (χ1n) is 10.0. The lowest BCUT2D eigenvalue weighted by Gasteiger charge is -2.49. The van der Waals surface area contributed by atoms with Crippen LogP contribution in [0.2, 0.25) is 0 Å². The first-order chi connectivity index (χ1) is 14.2. The summed E-state index contributed by atoms with van der Waals surface area (Å²) in [6.07, 6.45) is 8.06. The van der Waals surface area contributed by atoms with E-state index in [1.165, 1.54) is 4.80 Å². The van der Waals surface area contributed by atoms with Crippen LogP contribution in [0.4, 0.5) is 0 Å². The van der Waals surface area contributed by atoms with Crippen molar-refractivity contribution in [2.75, 3.05) is 6.54 Å². The van der Waals surface area contributed by atoms with Gasteiger partial charge in [-0.15, -0.1) is 0 Å². The van der Waals surface area contributed by atoms with Crippen molar-refractivity contribution >= 4 is 5.91 Å². The normalized spacial score (nSPS) is 23.2. The predicted octanol–water partition coefficient (Wildman–Crippen LogP) is 3.04. The van der Waals surface area contributed by atoms with Crippen LogP contribution in [0.5, 0.6) is 5.88 Å². The predicted molar refractivity (Wildman–Crippen MR) is 107 cm³/mol. The average Bonchev–Trinajstić information content (AvgIpc) is 3.30. The third-order valence-corrected chi connectivity index (χ3v) is 5.91. The molecule has 3 unspecified atom stereocenters. The molecular formula is C22H23N5O2. The molecule has 0 radical (unpaired) electrons. The third-order valence-electron chi connectivity index (χ3n) is 5.91. The van der Waals surface area contributed by atoms with Gasteiger partial charge in [0.05, 0.1) is 29.7 Å². The highest BCUT2D eigenvalue weighted by atomic mass is 16.5. The van der Waals surface area contributed by atoms with E-state index < -0.39 is 0 Å². The van der Waals surface area contributed by atoms with Gasteiger partial charge in [0.2, 0.25) is 5.88 Å². The molecule has 1 saturated carbocycles. The number of ether oxygens (including phenoxy) is 1. The van der Waals surface area contributed by atoms with Gasteiger partial charge < -0.3 is 9.64 Å². The Labute approximate surface area is 169 Å². The molecule has 0 spiro atoms. The number of nitrogens with zero attached hydrogens (tertiary/aromatic N) is 5. The number of para-hydroxylation sites is 1. The summed E-state index contributed by atoms with van der Waals surface area (Å²) in [6, 6.07) is 11.5. The Morgan fingerprint density at radius 1 is 1.10 bits per heavy atom. The lowest BCUT2D eigenvalue weighted by molar-refractivity contribution is -0.0313. The van der Waals surface area contributed by atoms with Crippen LogP contribution in [-0.4, -0.2) is 49.5 Å². The largest absolute Gasteiger partial charge is 0.472 e. The number of pyridine rings is 1. The van der Waals surface area contributed by atoms with Crippen molar-refractivity contribution in [1.29, 1.82) is 0 Å². The van der Waals surface area contributed by atoms with Crippen molar-refractivity contribution in [3.63, 3.8) is 0 Å². The summed E-state index contributed by atoms with van der Waals surface area (Å²) < 4.78 is 6.23. The number of carbonyl (C=O) groups excluding carboxylic acids is 1. The molecular weight excluding hydrogens is 366 g/mol. The molecule has 2 aliphatic heterocycles. The maximum atomic E-state index is 13.5. The van der Waals surface area contributed by atoms with Crippen molar-refractivity contribution in [3.8, 4) is 11.6 Å². The Morgan fingerprint density at radius 2 is 1.93 bits per heavy atom. The standard InChI is InChI=1S/C22H23N5O2/c1-15-6-9-21(23-13-15)29-20-12-16-7-8-19(20)26(14-16)22(28)17-4-2-3-5-18(17)27-24-10-11-25-27/h2-6,9-11,13,16,19-20H,7-8,12,14H2,1H3. The minimum absolute atomic E-state index is 0.0118. The zero-order chi connectivity index (χ0) is 19.8. The van der Waals surface area contributed by atoms with Crippen LogP contribution in [0.15, 0.2) is 55.0 Å². The Kier molecular flexibility index (Phi) is 4.50. The molecule has 3 fully saturated rings. The number of hydrogen-bond acceptors (Lipinski definition) is 5. The zero-order valence-corrected chi connectivity index (χ0v) is 16.3. The SMILES string of the molecule is Cc1ccc(OC2CC3CCC2N(C(=O)c2ccccc2-n2nccn2)C3)nc1. The fourth-order valence-corrected chi connectivity index (χ4v) is 4.49. The summed E-state index contributed by atoms with van der Waals surface area (Å²) in [4.78, 5) is 21.4. The second kappa shape index (κ2) is 7.31. The Morgan fingerprint density at radius 3 is 2.69 bits per heavy atom. The highest BCUT2D eigenvalue weighted by Crippen LogP contribution is 2.38. The molecule has 1 aromatic carbocycles. The molecule has 2 aromatic heterocycles. The molecule has 2 bridgehead atoms. The van der Waals surface area contributed by atoms with E-state index in [0.29, 0.717) is 23.0 Å². The summed E-state index contributed by atoms with van der Waals surface area (Å²) in [7, 11) is 0. The molecule has 4 heterocycles. The fourth-order valence-electron chi connectivity index (χ4n) is 4.49. The van der Waals surface area contributed by atoms with Gasteiger partial charge in [-0.3, -0.25) is 4.79 Å². The fraction of sp³-hybridized carbons (Fsp3) is 0.364. The van der Waals surface area contributed by atoms with Gasteiger partial charge in [-0.2, -0.15) is 15.0 Å². The first-order valence-corrected chi connectivity index (χ1v) is 10.0. The molecule has 7 heteroatoms. The molecule has 1 aliphatic carbocycles. The number of benzene rings is 1. The van der Waals surface area contributed by atoms with Gasteiger partial charge >= 0.3 is 0 Å². The highest BCUT2D eigenvalue weighted by Gasteiger charge is 2.44. The number of carbonyl (C=O) groups is 1. The van der Waals surface area contributed by atoms with Crippen LogP contribution in [0.1, 0.15) is 35.2 Å². The quantitative estimate of drug-likeness (QED) is 0.686. The molecule has 3 aliphatic rings. The number of piperidine rings is 2. The molecule has 7 nitrogen and oxygen atoms in total. The summed E-state index contributed by atoms with van der Waals surface area (Å²) in [5.41, 5.74) is 2.41. The summed E-state index contributed by atoms with van der Waals surface area (Å²) in [6.45, 7) is 2.78. The van der Waals surface area contributed by atoms with E-state index in [1.54, 1.807) is 12.4 Å². The lowest BCUT2D eigenvalue weighted by atomic mass is 9.77. The van der Waals surface area contributed by atoms with E-state index in [-0.39, 0.29) is 18.1 Å². The number of rotatable bonds is 4. The molecule has 0 N–H and O–H groups in total. The molecule has 148 valence electrons. The molecule has 6 rings (SSSR count). The van der Waals surface area contributed by atoms with Gasteiger partial charge in [0.25, 0.3) is 5.91 Å². The smallest absolute Gasteiger partial charge is 0.256 e. The Hall–Kier alpha value is -3.22. The number of fused-ring (bicyclic) bond motifs is 3. The van der Waals surface area contributed by atoms with E-state index >= 15 is 0 Å². The van der Waals surface area contributed by atoms with Crippen LogP contribution in [0.25, 0.3) is 5.69 Å². The summed E-state index contributed by atoms with van der Waals surface area (Å²) in [5, 5.41) is 8.40. The number of hydrogen-bond donors (Lipinski definition) is 0. The maximum absolute atomic E-state index is 13.5. The molecule has 2 saturated heterocycles. The van der Waals surface area contributed by atoms with E-state index in [1.807, 2.05) is 54.4 Å². The van der Waals surface area contributed by atoms with Crippen LogP contribution in [-0.2, 0) is 0 Å². The maximum Gasteiger partial charge on any atom is 0.256 e. The average molecular weight is 389 g/mol. The second-order valence-corrected chi connectivity index (χ2v) is 7.87. The van der Waals surface area contributed by atoms with Crippen molar-refractivity contribution in [2.24, 2.45) is 5.92 Å². The van der Waals surface area contributed by atoms with E-state index in [2.05, 4.69) is 15.2 Å². The zero-order valence-electron chi connectivity index (χ0n) is 16.3. The van der Waals surface area contributed by atoms with Crippen molar-refractivity contribution in [3.05, 3.63) is 66.1 Å². The first kappa shape index (κ1) is 17.8. The summed E-state index contributed by atoms with van der Waals surface area (Å²) in [5.74, 6) is 1.09. The van der Waals surface area contributed by atoms with Gasteiger partial charge in [0.15, 0.2) is 0 Å². The van der Waals surface area contributed by atoms with E-state index in [0.717, 1.165) is 31.4 Å². The minimum Gasteiger partial charge on any atom is -0.472 e. The second-order valence-electron chi connectivity index (χ2n) is 7.87.